The van der Waals surface area contributed by atoms with Crippen molar-refractivity contribution < 1.29 is 32.2 Å². The molecule has 2 heterocycles. The lowest BCUT2D eigenvalue weighted by Gasteiger charge is -2.35. The zero-order valence-corrected chi connectivity index (χ0v) is 20.3. The maximum atomic E-state index is 15.5. The third kappa shape index (κ3) is 6.58. The number of halogens is 4. The van der Waals surface area contributed by atoms with Crippen LogP contribution in [0.1, 0.15) is 30.4 Å². The molecule has 4 rings (SSSR count). The van der Waals surface area contributed by atoms with Gasteiger partial charge in [-0.15, -0.1) is 0 Å². The number of nitrogens with zero attached hydrogens (tertiary/aromatic N) is 4. The number of likely N-dealkylation sites (tertiary alicyclic amines) is 1. The molecule has 4 N–H and O–H groups in total. The van der Waals surface area contributed by atoms with Gasteiger partial charge in [-0.3, -0.25) is 9.69 Å². The minimum absolute atomic E-state index is 0.0133. The minimum atomic E-state index is -4.51. The van der Waals surface area contributed by atoms with Gasteiger partial charge in [0.15, 0.2) is 11.6 Å². The first kappa shape index (κ1) is 26.9. The topological polar surface area (TPSA) is 117 Å². The maximum absolute atomic E-state index is 15.5. The van der Waals surface area contributed by atoms with Crippen LogP contribution in [0.2, 0.25) is 0 Å². The highest BCUT2D eigenvalue weighted by Gasteiger charge is 2.35. The van der Waals surface area contributed by atoms with E-state index < -0.39 is 29.6 Å². The predicted octanol–water partition coefficient (Wildman–Crippen LogP) is 2.39. The summed E-state index contributed by atoms with van der Waals surface area (Å²) in [5.74, 6) is -1.25. The van der Waals surface area contributed by atoms with Gasteiger partial charge in [0.05, 0.1) is 25.3 Å². The first-order chi connectivity index (χ1) is 17.6. The number of aliphatic hydroxyl groups is 1. The normalized spacial score (nSPS) is 20.5. The van der Waals surface area contributed by atoms with Crippen molar-refractivity contribution in [1.82, 2.24) is 14.9 Å². The highest BCUT2D eigenvalue weighted by molar-refractivity contribution is 5.75. The van der Waals surface area contributed by atoms with E-state index in [0.717, 1.165) is 25.0 Å². The van der Waals surface area contributed by atoms with E-state index in [1.807, 2.05) is 0 Å². The molecule has 2 fully saturated rings. The van der Waals surface area contributed by atoms with Crippen LogP contribution in [0.3, 0.4) is 0 Å². The molecule has 1 saturated carbocycles. The number of methoxy groups -OCH3 is 1. The zero-order chi connectivity index (χ0) is 26.7. The van der Waals surface area contributed by atoms with Crippen molar-refractivity contribution in [2.45, 2.75) is 44.1 Å². The summed E-state index contributed by atoms with van der Waals surface area (Å²) in [6.07, 6.45) is -1.82. The number of hydrogen-bond donors (Lipinski definition) is 3. The summed E-state index contributed by atoms with van der Waals surface area (Å²) in [5, 5.41) is 13.4. The molecule has 1 aromatic carbocycles. The van der Waals surface area contributed by atoms with Gasteiger partial charge < -0.3 is 25.8 Å². The quantitative estimate of drug-likeness (QED) is 0.404. The number of anilines is 2. The molecule has 0 spiro atoms. The number of hydrogen-bond acceptors (Lipinski definition) is 8. The van der Waals surface area contributed by atoms with Crippen molar-refractivity contribution in [2.24, 2.45) is 11.7 Å². The second-order valence-electron chi connectivity index (χ2n) is 9.44. The van der Waals surface area contributed by atoms with Gasteiger partial charge in [-0.25, -0.2) is 9.97 Å². The van der Waals surface area contributed by atoms with Crippen LogP contribution in [-0.2, 0) is 17.5 Å². The van der Waals surface area contributed by atoms with Crippen LogP contribution in [0.25, 0.3) is 0 Å². The number of benzene rings is 1. The lowest BCUT2D eigenvalue weighted by molar-refractivity contribution is -0.137. The van der Waals surface area contributed by atoms with E-state index in [-0.39, 0.29) is 55.5 Å². The van der Waals surface area contributed by atoms with Crippen molar-refractivity contribution in [3.63, 3.8) is 0 Å². The summed E-state index contributed by atoms with van der Waals surface area (Å²) in [4.78, 5) is 22.8. The van der Waals surface area contributed by atoms with Crippen molar-refractivity contribution in [2.75, 3.05) is 43.5 Å². The van der Waals surface area contributed by atoms with E-state index in [1.54, 1.807) is 9.80 Å². The Bertz CT molecular complexity index is 1110. The summed E-state index contributed by atoms with van der Waals surface area (Å²) in [6, 6.07) is 3.23. The molecule has 1 aromatic heterocycles. The molecule has 9 nitrogen and oxygen atoms in total. The number of carbonyl (C=O) groups is 1. The molecular weight excluding hydrogens is 496 g/mol. The third-order valence-corrected chi connectivity index (χ3v) is 6.70. The molecule has 2 aromatic rings. The molecular formula is C24H30F4N6O3. The summed E-state index contributed by atoms with van der Waals surface area (Å²) < 4.78 is 60.1. The average Bonchev–Trinajstić information content (AvgIpc) is 3.67. The Labute approximate surface area is 211 Å². The maximum Gasteiger partial charge on any atom is 0.416 e. The fraction of sp³-hybridized carbons (Fsp3) is 0.542. The number of alkyl halides is 3. The third-order valence-electron chi connectivity index (χ3n) is 6.70. The van der Waals surface area contributed by atoms with Crippen LogP contribution in [-0.4, -0.2) is 71.3 Å². The second-order valence-corrected chi connectivity index (χ2v) is 9.44. The van der Waals surface area contributed by atoms with Crippen molar-refractivity contribution >= 4 is 17.5 Å². The van der Waals surface area contributed by atoms with E-state index in [0.29, 0.717) is 18.5 Å². The average molecular weight is 527 g/mol. The second kappa shape index (κ2) is 11.1. The Hall–Kier alpha value is -3.19. The molecule has 1 amide bonds. The van der Waals surface area contributed by atoms with E-state index >= 15 is 4.39 Å². The van der Waals surface area contributed by atoms with Gasteiger partial charge in [-0.05, 0) is 37.9 Å². The minimum Gasteiger partial charge on any atom is -0.496 e. The molecule has 37 heavy (non-hydrogen) atoms. The molecule has 1 aliphatic heterocycles. The standard InChI is InChI=1S/C24H30F4N6O3/c1-37-19-8-16(24(26,27)28)3-2-15(19)10-34(17-4-5-17)23-21(25)22(31-13-32-23)30-9-14-6-7-33(11-18(14)35)12-20(29)36/h2-3,8,13-14,17-18,35H,4-7,9-12H2,1H3,(H2,29,36)(H,30,31,32)/t14-,18+/m1/s1. The Morgan fingerprint density at radius 1 is 1.30 bits per heavy atom. The number of ether oxygens (including phenoxy) is 1. The molecule has 2 aliphatic rings. The summed E-state index contributed by atoms with van der Waals surface area (Å²) in [6.45, 7) is 1.30. The number of carbonyl (C=O) groups excluding carboxylic acids is 1. The molecule has 2 atom stereocenters. The Morgan fingerprint density at radius 3 is 2.68 bits per heavy atom. The van der Waals surface area contributed by atoms with Gasteiger partial charge in [-0.2, -0.15) is 17.6 Å². The van der Waals surface area contributed by atoms with Gasteiger partial charge in [0.2, 0.25) is 11.7 Å². The number of nitrogens with one attached hydrogen (secondary N) is 1. The van der Waals surface area contributed by atoms with Gasteiger partial charge in [0, 0.05) is 37.2 Å². The fourth-order valence-electron chi connectivity index (χ4n) is 4.56. The molecule has 13 heteroatoms. The molecule has 1 saturated heterocycles. The molecule has 202 valence electrons. The fourth-order valence-corrected chi connectivity index (χ4v) is 4.56. The molecule has 0 radical (unpaired) electrons. The van der Waals surface area contributed by atoms with Gasteiger partial charge >= 0.3 is 6.18 Å². The Balaban J connectivity index is 1.47. The summed E-state index contributed by atoms with van der Waals surface area (Å²) >= 11 is 0. The number of nitrogens with two attached hydrogens (primary N) is 1. The van der Waals surface area contributed by atoms with Crippen molar-refractivity contribution in [1.29, 1.82) is 0 Å². The highest BCUT2D eigenvalue weighted by Crippen LogP contribution is 2.38. The molecule has 0 bridgehead atoms. The van der Waals surface area contributed by atoms with Crippen LogP contribution in [0.4, 0.5) is 29.2 Å². The van der Waals surface area contributed by atoms with Crippen LogP contribution in [0, 0.1) is 11.7 Å². The summed E-state index contributed by atoms with van der Waals surface area (Å²) in [5.41, 5.74) is 4.87. The van der Waals surface area contributed by atoms with Crippen molar-refractivity contribution in [3.8, 4) is 5.75 Å². The number of aromatic nitrogens is 2. The number of piperidine rings is 1. The first-order valence-electron chi connectivity index (χ1n) is 12.0. The number of primary amides is 1. The zero-order valence-electron chi connectivity index (χ0n) is 20.3. The van der Waals surface area contributed by atoms with E-state index in [9.17, 15) is 23.1 Å². The predicted molar refractivity (Wildman–Crippen MR) is 127 cm³/mol. The number of amides is 1. The van der Waals surface area contributed by atoms with Crippen LogP contribution in [0.5, 0.6) is 5.75 Å². The van der Waals surface area contributed by atoms with Crippen LogP contribution in [0.15, 0.2) is 24.5 Å². The van der Waals surface area contributed by atoms with Crippen molar-refractivity contribution in [3.05, 3.63) is 41.5 Å². The molecule has 0 unspecified atom stereocenters. The van der Waals surface area contributed by atoms with E-state index in [2.05, 4.69) is 15.3 Å². The summed E-state index contributed by atoms with van der Waals surface area (Å²) in [7, 11) is 1.29. The largest absolute Gasteiger partial charge is 0.496 e. The smallest absolute Gasteiger partial charge is 0.416 e. The highest BCUT2D eigenvalue weighted by atomic mass is 19.4. The Kier molecular flexibility index (Phi) is 8.02. The molecule has 1 aliphatic carbocycles. The first-order valence-corrected chi connectivity index (χ1v) is 12.0. The number of aliphatic hydroxyl groups excluding tert-OH is 1. The Morgan fingerprint density at radius 2 is 2.05 bits per heavy atom. The van der Waals surface area contributed by atoms with Gasteiger partial charge in [-0.1, -0.05) is 6.07 Å². The van der Waals surface area contributed by atoms with Crippen LogP contribution < -0.4 is 20.7 Å². The van der Waals surface area contributed by atoms with Gasteiger partial charge in [0.1, 0.15) is 12.1 Å². The lowest BCUT2D eigenvalue weighted by atomic mass is 9.93. The SMILES string of the molecule is COc1cc(C(F)(F)F)ccc1CN(c1ncnc(NC[C@H]2CCN(CC(N)=O)C[C@@H]2O)c1F)C1CC1. The monoisotopic (exact) mass is 526 g/mol. The number of rotatable bonds is 10. The van der Waals surface area contributed by atoms with Gasteiger partial charge in [0.25, 0.3) is 0 Å². The van der Waals surface area contributed by atoms with Crippen LogP contribution >= 0.6 is 0 Å². The van der Waals surface area contributed by atoms with E-state index in [4.69, 9.17) is 10.5 Å². The number of β-amino-alcohol motifs (C(OH)–C–C–N with tert-alkyl or cyclic N) is 1. The van der Waals surface area contributed by atoms with E-state index in [1.165, 1.54) is 19.5 Å². The lowest BCUT2D eigenvalue weighted by Crippen LogP contribution is -2.48.